The molecule has 0 amide bonds. The number of carbonyl (C=O) groups is 1. The van der Waals surface area contributed by atoms with Crippen LogP contribution in [-0.4, -0.2) is 14.2 Å². The van der Waals surface area contributed by atoms with Gasteiger partial charge in [0.25, 0.3) is 0 Å². The van der Waals surface area contributed by atoms with Gasteiger partial charge in [-0.3, -0.25) is 4.79 Å². The van der Waals surface area contributed by atoms with E-state index in [-0.39, 0.29) is 16.4 Å². The van der Waals surface area contributed by atoms with Crippen LogP contribution in [0.3, 0.4) is 0 Å². The van der Waals surface area contributed by atoms with Crippen LogP contribution in [0.5, 0.6) is 5.75 Å². The second kappa shape index (κ2) is 6.37. The first kappa shape index (κ1) is 15.0. The van der Waals surface area contributed by atoms with Crippen molar-refractivity contribution >= 4 is 22.0 Å². The van der Waals surface area contributed by atoms with E-state index in [1.54, 1.807) is 48.5 Å². The Morgan fingerprint density at radius 2 is 1.62 bits per heavy atom. The number of ketones is 1. The lowest BCUT2D eigenvalue weighted by Crippen LogP contribution is -2.09. The predicted octanol–water partition coefficient (Wildman–Crippen LogP) is 3.06. The molecule has 0 aliphatic heterocycles. The number of carbonyl (C=O) groups excluding carboxylic acids is 1. The van der Waals surface area contributed by atoms with Crippen molar-refractivity contribution in [2.45, 2.75) is 11.8 Å². The normalized spacial score (nSPS) is 11.5. The van der Waals surface area contributed by atoms with E-state index in [1.807, 2.05) is 0 Å². The Kier molecular flexibility index (Phi) is 4.55. The van der Waals surface area contributed by atoms with Crippen LogP contribution in [0.25, 0.3) is 6.08 Å². The second-order valence-electron chi connectivity index (χ2n) is 4.36. The molecule has 0 saturated heterocycles. The molecule has 4 nitrogen and oxygen atoms in total. The van der Waals surface area contributed by atoms with E-state index in [2.05, 4.69) is 0 Å². The summed E-state index contributed by atoms with van der Waals surface area (Å²) in [6.45, 7) is 1.46. The first-order valence-electron chi connectivity index (χ1n) is 6.26. The summed E-state index contributed by atoms with van der Waals surface area (Å²) in [5.74, 6) is 0.167. The van der Waals surface area contributed by atoms with Gasteiger partial charge in [0.1, 0.15) is 10.6 Å². The molecule has 0 spiro atoms. The van der Waals surface area contributed by atoms with Crippen molar-refractivity contribution in [3.63, 3.8) is 0 Å². The third-order valence-corrected chi connectivity index (χ3v) is 3.89. The third kappa shape index (κ3) is 4.29. The Morgan fingerprint density at radius 3 is 2.19 bits per heavy atom. The summed E-state index contributed by atoms with van der Waals surface area (Å²) in [7, 11) is -3.82. The Morgan fingerprint density at radius 1 is 1.00 bits per heavy atom. The van der Waals surface area contributed by atoms with Crippen molar-refractivity contribution in [3.05, 3.63) is 66.2 Å². The van der Waals surface area contributed by atoms with Gasteiger partial charge in [-0.25, -0.2) is 0 Å². The molecule has 2 rings (SSSR count). The summed E-state index contributed by atoms with van der Waals surface area (Å²) in [4.78, 5) is 10.9. The topological polar surface area (TPSA) is 60.4 Å². The molecule has 2 aromatic rings. The first-order valence-corrected chi connectivity index (χ1v) is 7.66. The zero-order chi connectivity index (χ0) is 15.3. The number of allylic oxidation sites excluding steroid dienone is 1. The van der Waals surface area contributed by atoms with Crippen molar-refractivity contribution in [1.82, 2.24) is 0 Å². The molecule has 0 aromatic heterocycles. The molecule has 0 aliphatic rings. The van der Waals surface area contributed by atoms with Crippen LogP contribution in [-0.2, 0) is 14.9 Å². The minimum atomic E-state index is -3.82. The van der Waals surface area contributed by atoms with Crippen molar-refractivity contribution in [1.29, 1.82) is 0 Å². The molecule has 0 saturated carbocycles. The van der Waals surface area contributed by atoms with E-state index in [0.29, 0.717) is 0 Å². The van der Waals surface area contributed by atoms with Gasteiger partial charge in [0, 0.05) is 0 Å². The number of hydrogen-bond acceptors (Lipinski definition) is 4. The summed E-state index contributed by atoms with van der Waals surface area (Å²) >= 11 is 0. The standard InChI is InChI=1S/C16H14O4S/c1-13(17)7-8-14-9-11-15(12-10-14)20-21(18,19)16-5-3-2-4-6-16/h2-12H,1H3/b8-7+. The van der Waals surface area contributed by atoms with Gasteiger partial charge in [-0.1, -0.05) is 36.4 Å². The molecule has 5 heteroatoms. The summed E-state index contributed by atoms with van der Waals surface area (Å²) in [6.07, 6.45) is 3.09. The molecule has 0 radical (unpaired) electrons. The van der Waals surface area contributed by atoms with Gasteiger partial charge < -0.3 is 4.18 Å². The van der Waals surface area contributed by atoms with Crippen LogP contribution in [0.1, 0.15) is 12.5 Å². The van der Waals surface area contributed by atoms with Crippen molar-refractivity contribution in [2.75, 3.05) is 0 Å². The molecule has 0 aliphatic carbocycles. The molecule has 2 aromatic carbocycles. The highest BCUT2D eigenvalue weighted by Crippen LogP contribution is 2.19. The number of rotatable bonds is 5. The Labute approximate surface area is 123 Å². The molecular formula is C16H14O4S. The van der Waals surface area contributed by atoms with Gasteiger partial charge >= 0.3 is 10.1 Å². The maximum Gasteiger partial charge on any atom is 0.339 e. The largest absolute Gasteiger partial charge is 0.379 e. The smallest absolute Gasteiger partial charge is 0.339 e. The minimum Gasteiger partial charge on any atom is -0.379 e. The van der Waals surface area contributed by atoms with Crippen LogP contribution < -0.4 is 4.18 Å². The summed E-state index contributed by atoms with van der Waals surface area (Å²) in [6, 6.07) is 14.4. The maximum absolute atomic E-state index is 12.0. The van der Waals surface area contributed by atoms with Crippen LogP contribution in [0.2, 0.25) is 0 Å². The zero-order valence-corrected chi connectivity index (χ0v) is 12.2. The molecule has 0 N–H and O–H groups in total. The molecule has 0 unspecified atom stereocenters. The molecule has 0 heterocycles. The molecule has 21 heavy (non-hydrogen) atoms. The van der Waals surface area contributed by atoms with Gasteiger partial charge in [0.05, 0.1) is 0 Å². The highest BCUT2D eigenvalue weighted by molar-refractivity contribution is 7.87. The lowest BCUT2D eigenvalue weighted by atomic mass is 10.2. The van der Waals surface area contributed by atoms with Crippen LogP contribution >= 0.6 is 0 Å². The zero-order valence-electron chi connectivity index (χ0n) is 11.4. The van der Waals surface area contributed by atoms with Crippen molar-refractivity contribution in [2.24, 2.45) is 0 Å². The van der Waals surface area contributed by atoms with Crippen molar-refractivity contribution < 1.29 is 17.4 Å². The lowest BCUT2D eigenvalue weighted by Gasteiger charge is -2.06. The third-order valence-electron chi connectivity index (χ3n) is 2.63. The van der Waals surface area contributed by atoms with E-state index >= 15 is 0 Å². The van der Waals surface area contributed by atoms with Crippen LogP contribution in [0.15, 0.2) is 65.6 Å². The monoisotopic (exact) mass is 302 g/mol. The second-order valence-corrected chi connectivity index (χ2v) is 5.91. The van der Waals surface area contributed by atoms with E-state index in [9.17, 15) is 13.2 Å². The van der Waals surface area contributed by atoms with Gasteiger partial charge in [-0.15, -0.1) is 0 Å². The van der Waals surface area contributed by atoms with Crippen molar-refractivity contribution in [3.8, 4) is 5.75 Å². The summed E-state index contributed by atoms with van der Waals surface area (Å²) in [5, 5.41) is 0. The Hall–Kier alpha value is -2.40. The van der Waals surface area contributed by atoms with E-state index in [0.717, 1.165) is 5.56 Å². The quantitative estimate of drug-likeness (QED) is 0.629. The summed E-state index contributed by atoms with van der Waals surface area (Å²) < 4.78 is 29.1. The van der Waals surface area contributed by atoms with Gasteiger partial charge in [0.15, 0.2) is 5.78 Å². The van der Waals surface area contributed by atoms with Gasteiger partial charge in [-0.05, 0) is 42.8 Å². The van der Waals surface area contributed by atoms with Gasteiger partial charge in [-0.2, -0.15) is 8.42 Å². The highest BCUT2D eigenvalue weighted by Gasteiger charge is 2.15. The van der Waals surface area contributed by atoms with E-state index in [1.165, 1.54) is 25.1 Å². The van der Waals surface area contributed by atoms with E-state index < -0.39 is 10.1 Å². The molecule has 108 valence electrons. The molecule has 0 bridgehead atoms. The maximum atomic E-state index is 12.0. The first-order chi connectivity index (χ1) is 9.97. The average molecular weight is 302 g/mol. The molecule has 0 fully saturated rings. The Bertz CT molecular complexity index is 745. The fraction of sp³-hybridized carbons (Fsp3) is 0.0625. The van der Waals surface area contributed by atoms with Gasteiger partial charge in [0.2, 0.25) is 0 Å². The minimum absolute atomic E-state index is 0.0537. The predicted molar refractivity (Wildman–Crippen MR) is 80.4 cm³/mol. The fourth-order valence-electron chi connectivity index (χ4n) is 1.61. The number of hydrogen-bond donors (Lipinski definition) is 0. The van der Waals surface area contributed by atoms with Crippen LogP contribution in [0, 0.1) is 0 Å². The van der Waals surface area contributed by atoms with E-state index in [4.69, 9.17) is 4.18 Å². The van der Waals surface area contributed by atoms with Crippen LogP contribution in [0.4, 0.5) is 0 Å². The Balaban J connectivity index is 2.15. The highest BCUT2D eigenvalue weighted by atomic mass is 32.2. The lowest BCUT2D eigenvalue weighted by molar-refractivity contribution is -0.112. The molecule has 0 atom stereocenters. The molecular weight excluding hydrogens is 288 g/mol. The SMILES string of the molecule is CC(=O)/C=C/c1ccc(OS(=O)(=O)c2ccccc2)cc1. The average Bonchev–Trinajstić information content (AvgIpc) is 2.47. The number of benzene rings is 2. The fourth-order valence-corrected chi connectivity index (χ4v) is 2.56. The summed E-state index contributed by atoms with van der Waals surface area (Å²) in [5.41, 5.74) is 0.787.